The van der Waals surface area contributed by atoms with Crippen LogP contribution in [-0.2, 0) is 9.47 Å². The summed E-state index contributed by atoms with van der Waals surface area (Å²) in [4.78, 5) is 0. The molecule has 1 aliphatic carbocycles. The Morgan fingerprint density at radius 1 is 1.33 bits per heavy atom. The van der Waals surface area contributed by atoms with Gasteiger partial charge in [0.05, 0.1) is 32.0 Å². The SMILES string of the molecule is CCCC1(OCCOCCO)CCC1C. The Kier molecular flexibility index (Phi) is 5.58. The molecule has 1 aliphatic rings. The molecular formula is C12H24O3. The predicted octanol–water partition coefficient (Wildman–Crippen LogP) is 1.98. The van der Waals surface area contributed by atoms with Crippen LogP contribution < -0.4 is 0 Å². The first-order chi connectivity index (χ1) is 7.25. The zero-order valence-electron chi connectivity index (χ0n) is 10.00. The normalized spacial score (nSPS) is 30.2. The van der Waals surface area contributed by atoms with E-state index in [2.05, 4.69) is 13.8 Å². The maximum absolute atomic E-state index is 8.54. The van der Waals surface area contributed by atoms with Crippen molar-refractivity contribution in [3.05, 3.63) is 0 Å². The Morgan fingerprint density at radius 3 is 2.60 bits per heavy atom. The topological polar surface area (TPSA) is 38.7 Å². The first-order valence-corrected chi connectivity index (χ1v) is 6.07. The fourth-order valence-corrected chi connectivity index (χ4v) is 2.31. The molecule has 0 saturated heterocycles. The molecule has 0 radical (unpaired) electrons. The number of ether oxygens (including phenoxy) is 2. The Bertz CT molecular complexity index is 172. The smallest absolute Gasteiger partial charge is 0.0709 e. The number of hydrogen-bond acceptors (Lipinski definition) is 3. The molecular weight excluding hydrogens is 192 g/mol. The maximum atomic E-state index is 8.54. The Balaban J connectivity index is 2.16. The number of aliphatic hydroxyl groups is 1. The Morgan fingerprint density at radius 2 is 2.13 bits per heavy atom. The third-order valence-electron chi connectivity index (χ3n) is 3.42. The van der Waals surface area contributed by atoms with E-state index in [0.717, 1.165) is 6.42 Å². The van der Waals surface area contributed by atoms with Crippen LogP contribution in [0.3, 0.4) is 0 Å². The summed E-state index contributed by atoms with van der Waals surface area (Å²) in [5.74, 6) is 0.690. The van der Waals surface area contributed by atoms with Crippen LogP contribution in [-0.4, -0.2) is 37.1 Å². The van der Waals surface area contributed by atoms with E-state index in [9.17, 15) is 0 Å². The van der Waals surface area contributed by atoms with E-state index in [1.54, 1.807) is 0 Å². The van der Waals surface area contributed by atoms with Crippen LogP contribution in [0.25, 0.3) is 0 Å². The van der Waals surface area contributed by atoms with E-state index in [4.69, 9.17) is 14.6 Å². The summed E-state index contributed by atoms with van der Waals surface area (Å²) in [6.45, 7) is 6.24. The van der Waals surface area contributed by atoms with Gasteiger partial charge in [0.1, 0.15) is 0 Å². The third-order valence-corrected chi connectivity index (χ3v) is 3.42. The summed E-state index contributed by atoms with van der Waals surface area (Å²) in [7, 11) is 0. The molecule has 2 unspecified atom stereocenters. The zero-order valence-corrected chi connectivity index (χ0v) is 10.00. The fraction of sp³-hybridized carbons (Fsp3) is 1.00. The van der Waals surface area contributed by atoms with Gasteiger partial charge in [0.25, 0.3) is 0 Å². The summed E-state index contributed by atoms with van der Waals surface area (Å²) in [6.07, 6.45) is 4.83. The maximum Gasteiger partial charge on any atom is 0.0709 e. The lowest BCUT2D eigenvalue weighted by molar-refractivity contribution is -0.155. The largest absolute Gasteiger partial charge is 0.394 e. The molecule has 0 amide bonds. The first kappa shape index (κ1) is 12.9. The van der Waals surface area contributed by atoms with Gasteiger partial charge in [-0.25, -0.2) is 0 Å². The monoisotopic (exact) mass is 216 g/mol. The number of hydrogen-bond donors (Lipinski definition) is 1. The average Bonchev–Trinajstić information content (AvgIpc) is 2.25. The summed E-state index contributed by atoms with van der Waals surface area (Å²) in [5.41, 5.74) is 0.136. The van der Waals surface area contributed by atoms with Crippen molar-refractivity contribution >= 4 is 0 Å². The second kappa shape index (κ2) is 6.46. The lowest BCUT2D eigenvalue weighted by atomic mass is 9.68. The van der Waals surface area contributed by atoms with Gasteiger partial charge >= 0.3 is 0 Å². The molecule has 0 spiro atoms. The molecule has 0 heterocycles. The van der Waals surface area contributed by atoms with Gasteiger partial charge < -0.3 is 14.6 Å². The zero-order chi connectivity index (χ0) is 11.1. The minimum atomic E-state index is 0.0938. The van der Waals surface area contributed by atoms with Crippen LogP contribution in [0.15, 0.2) is 0 Å². The van der Waals surface area contributed by atoms with E-state index < -0.39 is 0 Å². The quantitative estimate of drug-likeness (QED) is 0.631. The molecule has 3 heteroatoms. The van der Waals surface area contributed by atoms with E-state index >= 15 is 0 Å². The fourth-order valence-electron chi connectivity index (χ4n) is 2.31. The summed E-state index contributed by atoms with van der Waals surface area (Å²) < 4.78 is 11.1. The van der Waals surface area contributed by atoms with Crippen molar-refractivity contribution in [1.82, 2.24) is 0 Å². The first-order valence-electron chi connectivity index (χ1n) is 6.07. The summed E-state index contributed by atoms with van der Waals surface area (Å²) >= 11 is 0. The van der Waals surface area contributed by atoms with Crippen molar-refractivity contribution in [3.63, 3.8) is 0 Å². The van der Waals surface area contributed by atoms with Crippen LogP contribution in [0.1, 0.15) is 39.5 Å². The molecule has 0 bridgehead atoms. The average molecular weight is 216 g/mol. The van der Waals surface area contributed by atoms with Gasteiger partial charge in [-0.3, -0.25) is 0 Å². The van der Waals surface area contributed by atoms with Crippen molar-refractivity contribution in [2.45, 2.75) is 45.1 Å². The molecule has 1 rings (SSSR count). The van der Waals surface area contributed by atoms with E-state index in [1.807, 2.05) is 0 Å². The molecule has 1 fully saturated rings. The molecule has 0 aromatic carbocycles. The standard InChI is InChI=1S/C12H24O3/c1-3-5-12(6-4-11(12)2)15-10-9-14-8-7-13/h11,13H,3-10H2,1-2H3. The van der Waals surface area contributed by atoms with Crippen molar-refractivity contribution < 1.29 is 14.6 Å². The van der Waals surface area contributed by atoms with Crippen molar-refractivity contribution in [2.24, 2.45) is 5.92 Å². The van der Waals surface area contributed by atoms with Crippen LogP contribution in [0.4, 0.5) is 0 Å². The van der Waals surface area contributed by atoms with Crippen LogP contribution in [0.2, 0.25) is 0 Å². The molecule has 15 heavy (non-hydrogen) atoms. The molecule has 90 valence electrons. The number of aliphatic hydroxyl groups excluding tert-OH is 1. The minimum Gasteiger partial charge on any atom is -0.394 e. The Labute approximate surface area is 92.8 Å². The lowest BCUT2D eigenvalue weighted by Gasteiger charge is -2.48. The van der Waals surface area contributed by atoms with Gasteiger partial charge in [-0.15, -0.1) is 0 Å². The highest BCUT2D eigenvalue weighted by Gasteiger charge is 2.43. The molecule has 1 N–H and O–H groups in total. The molecule has 0 aromatic rings. The summed E-state index contributed by atoms with van der Waals surface area (Å²) in [5, 5.41) is 8.54. The number of rotatable bonds is 8. The van der Waals surface area contributed by atoms with Gasteiger partial charge in [0.2, 0.25) is 0 Å². The van der Waals surface area contributed by atoms with Gasteiger partial charge in [-0.2, -0.15) is 0 Å². The molecule has 3 nitrogen and oxygen atoms in total. The van der Waals surface area contributed by atoms with Crippen LogP contribution in [0.5, 0.6) is 0 Å². The van der Waals surface area contributed by atoms with E-state index in [-0.39, 0.29) is 12.2 Å². The van der Waals surface area contributed by atoms with Gasteiger partial charge in [0, 0.05) is 0 Å². The van der Waals surface area contributed by atoms with Crippen LogP contribution >= 0.6 is 0 Å². The molecule has 2 atom stereocenters. The van der Waals surface area contributed by atoms with Crippen molar-refractivity contribution in [2.75, 3.05) is 26.4 Å². The van der Waals surface area contributed by atoms with Crippen molar-refractivity contribution in [3.8, 4) is 0 Å². The van der Waals surface area contributed by atoms with Gasteiger partial charge in [-0.05, 0) is 25.2 Å². The second-order valence-electron chi connectivity index (χ2n) is 4.44. The van der Waals surface area contributed by atoms with Crippen LogP contribution in [0, 0.1) is 5.92 Å². The molecule has 0 aliphatic heterocycles. The highest BCUT2D eigenvalue weighted by molar-refractivity contribution is 4.95. The summed E-state index contributed by atoms with van der Waals surface area (Å²) in [6, 6.07) is 0. The van der Waals surface area contributed by atoms with Crippen molar-refractivity contribution in [1.29, 1.82) is 0 Å². The third kappa shape index (κ3) is 3.44. The highest BCUT2D eigenvalue weighted by atomic mass is 16.5. The highest BCUT2D eigenvalue weighted by Crippen LogP contribution is 2.44. The van der Waals surface area contributed by atoms with Gasteiger partial charge in [-0.1, -0.05) is 20.3 Å². The Hall–Kier alpha value is -0.120. The minimum absolute atomic E-state index is 0.0938. The molecule has 0 aromatic heterocycles. The predicted molar refractivity (Wildman–Crippen MR) is 59.9 cm³/mol. The lowest BCUT2D eigenvalue weighted by Crippen LogP contribution is -2.48. The van der Waals surface area contributed by atoms with Gasteiger partial charge in [0.15, 0.2) is 0 Å². The van der Waals surface area contributed by atoms with E-state index in [1.165, 1.54) is 19.3 Å². The second-order valence-corrected chi connectivity index (χ2v) is 4.44. The molecule has 1 saturated carbocycles. The van der Waals surface area contributed by atoms with E-state index in [0.29, 0.717) is 25.7 Å².